The van der Waals surface area contributed by atoms with Gasteiger partial charge in [-0.05, 0) is 84.6 Å². The van der Waals surface area contributed by atoms with Crippen molar-refractivity contribution < 1.29 is 18.0 Å². The Balaban J connectivity index is 1.80. The summed E-state index contributed by atoms with van der Waals surface area (Å²) in [5, 5.41) is 3.08. The minimum atomic E-state index is -4.20. The Morgan fingerprint density at radius 1 is 0.860 bits per heavy atom. The minimum Gasteiger partial charge on any atom is -0.357 e. The molecular weight excluding hydrogens is 650 g/mol. The third kappa shape index (κ3) is 8.04. The van der Waals surface area contributed by atoms with Gasteiger partial charge >= 0.3 is 0 Å². The summed E-state index contributed by atoms with van der Waals surface area (Å²) in [6.45, 7) is 3.39. The van der Waals surface area contributed by atoms with Gasteiger partial charge in [-0.1, -0.05) is 76.1 Å². The van der Waals surface area contributed by atoms with E-state index in [1.165, 1.54) is 36.2 Å². The van der Waals surface area contributed by atoms with Gasteiger partial charge in [0, 0.05) is 29.5 Å². The van der Waals surface area contributed by atoms with Crippen LogP contribution in [0.25, 0.3) is 0 Å². The van der Waals surface area contributed by atoms with Gasteiger partial charge in [0.2, 0.25) is 11.8 Å². The van der Waals surface area contributed by atoms with E-state index < -0.39 is 28.5 Å². The fraction of sp³-hybridized carbons (Fsp3) is 0.212. The van der Waals surface area contributed by atoms with Crippen LogP contribution in [-0.4, -0.2) is 44.8 Å². The third-order valence-corrected chi connectivity index (χ3v) is 9.81. The fourth-order valence-electron chi connectivity index (χ4n) is 4.65. The van der Waals surface area contributed by atoms with E-state index in [0.717, 1.165) is 31.0 Å². The van der Waals surface area contributed by atoms with Crippen molar-refractivity contribution in [2.24, 2.45) is 0 Å². The van der Waals surface area contributed by atoms with Crippen LogP contribution in [0.3, 0.4) is 0 Å². The van der Waals surface area contributed by atoms with Gasteiger partial charge in [0.1, 0.15) is 12.6 Å². The first-order valence-corrected chi connectivity index (χ1v) is 16.3. The lowest BCUT2D eigenvalue weighted by Crippen LogP contribution is -2.53. The van der Waals surface area contributed by atoms with Crippen LogP contribution < -0.4 is 9.62 Å². The summed E-state index contributed by atoms with van der Waals surface area (Å²) in [4.78, 5) is 29.1. The van der Waals surface area contributed by atoms with Crippen LogP contribution in [-0.2, 0) is 32.6 Å². The van der Waals surface area contributed by atoms with Crippen LogP contribution in [0, 0.1) is 13.8 Å². The van der Waals surface area contributed by atoms with Crippen LogP contribution in [0.1, 0.15) is 22.3 Å². The van der Waals surface area contributed by atoms with Gasteiger partial charge in [0.05, 0.1) is 10.6 Å². The molecule has 0 fully saturated rings. The molecule has 0 bridgehead atoms. The zero-order valence-electron chi connectivity index (χ0n) is 24.1. The molecule has 4 aromatic carbocycles. The normalized spacial score (nSPS) is 11.9. The molecule has 0 radical (unpaired) electrons. The van der Waals surface area contributed by atoms with Crippen LogP contribution in [0.4, 0.5) is 5.69 Å². The maximum atomic E-state index is 14.3. The van der Waals surface area contributed by atoms with Crippen molar-refractivity contribution in [3.05, 3.63) is 129 Å². The second kappa shape index (κ2) is 14.2. The lowest BCUT2D eigenvalue weighted by molar-refractivity contribution is -0.139. The van der Waals surface area contributed by atoms with E-state index in [1.807, 2.05) is 74.5 Å². The van der Waals surface area contributed by atoms with Crippen molar-refractivity contribution in [2.75, 3.05) is 17.9 Å². The maximum absolute atomic E-state index is 14.3. The first-order chi connectivity index (χ1) is 20.5. The Morgan fingerprint density at radius 2 is 1.51 bits per heavy atom. The molecule has 0 saturated carbocycles. The summed E-state index contributed by atoms with van der Waals surface area (Å²) < 4.78 is 30.1. The second-order valence-electron chi connectivity index (χ2n) is 10.2. The topological polar surface area (TPSA) is 86.8 Å². The van der Waals surface area contributed by atoms with E-state index in [0.29, 0.717) is 10.7 Å². The average Bonchev–Trinajstić information content (AvgIpc) is 3.00. The number of anilines is 1. The number of carbonyl (C=O) groups is 2. The van der Waals surface area contributed by atoms with Crippen LogP contribution in [0.2, 0.25) is 5.02 Å². The number of benzene rings is 4. The summed E-state index contributed by atoms with van der Waals surface area (Å²) in [6, 6.07) is 27.0. The van der Waals surface area contributed by atoms with Gasteiger partial charge < -0.3 is 10.2 Å². The molecule has 0 saturated heterocycles. The van der Waals surface area contributed by atoms with E-state index in [9.17, 15) is 18.0 Å². The SMILES string of the molecule is CNC(=O)[C@H](Cc1ccccc1)N(Cc1ccc(Br)cc1)C(=O)CN(c1ccc(C)c(C)c1)S(=O)(=O)c1ccc(Cl)cc1. The Hall–Kier alpha value is -3.66. The fourth-order valence-corrected chi connectivity index (χ4v) is 6.45. The van der Waals surface area contributed by atoms with Crippen molar-refractivity contribution >= 4 is 55.1 Å². The molecule has 2 amide bonds. The number of halogens is 2. The molecule has 0 aliphatic carbocycles. The highest BCUT2D eigenvalue weighted by molar-refractivity contribution is 9.10. The number of amides is 2. The lowest BCUT2D eigenvalue weighted by atomic mass is 10.0. The van der Waals surface area contributed by atoms with Crippen LogP contribution in [0.5, 0.6) is 0 Å². The van der Waals surface area contributed by atoms with E-state index in [1.54, 1.807) is 12.1 Å². The molecule has 0 unspecified atom stereocenters. The number of hydrogen-bond acceptors (Lipinski definition) is 4. The van der Waals surface area contributed by atoms with Gasteiger partial charge in [-0.15, -0.1) is 0 Å². The van der Waals surface area contributed by atoms with E-state index in [4.69, 9.17) is 11.6 Å². The highest BCUT2D eigenvalue weighted by atomic mass is 79.9. The smallest absolute Gasteiger partial charge is 0.264 e. The molecular formula is C33H33BrClN3O4S. The molecule has 1 atom stereocenters. The van der Waals surface area contributed by atoms with Crippen LogP contribution >= 0.6 is 27.5 Å². The first kappa shape index (κ1) is 32.3. The number of hydrogen-bond donors (Lipinski definition) is 1. The zero-order valence-corrected chi connectivity index (χ0v) is 27.3. The molecule has 4 aromatic rings. The third-order valence-electron chi connectivity index (χ3n) is 7.24. The Labute approximate surface area is 266 Å². The molecule has 0 aliphatic heterocycles. The molecule has 7 nitrogen and oxygen atoms in total. The summed E-state index contributed by atoms with van der Waals surface area (Å²) in [6.07, 6.45) is 0.246. The molecule has 0 heterocycles. The van der Waals surface area contributed by atoms with E-state index in [2.05, 4.69) is 21.2 Å². The number of aryl methyl sites for hydroxylation is 2. The molecule has 1 N–H and O–H groups in total. The van der Waals surface area contributed by atoms with Crippen LogP contribution in [0.15, 0.2) is 106 Å². The average molecular weight is 683 g/mol. The number of rotatable bonds is 11. The Morgan fingerprint density at radius 3 is 2.12 bits per heavy atom. The molecule has 10 heteroatoms. The lowest BCUT2D eigenvalue weighted by Gasteiger charge is -2.33. The predicted molar refractivity (Wildman–Crippen MR) is 175 cm³/mol. The predicted octanol–water partition coefficient (Wildman–Crippen LogP) is 6.30. The monoisotopic (exact) mass is 681 g/mol. The minimum absolute atomic E-state index is 0.00507. The number of likely N-dealkylation sites (N-methyl/N-ethyl adjacent to an activating group) is 1. The van der Waals surface area contributed by atoms with Gasteiger partial charge in [0.15, 0.2) is 0 Å². The largest absolute Gasteiger partial charge is 0.357 e. The number of carbonyl (C=O) groups excluding carboxylic acids is 2. The summed E-state index contributed by atoms with van der Waals surface area (Å²) in [5.41, 5.74) is 3.86. The molecule has 4 rings (SSSR count). The standard InChI is InChI=1S/C33H33BrClN3O4S/c1-23-9-16-29(19-24(23)2)38(43(41,42)30-17-14-28(35)15-18-30)22-32(39)37(21-26-10-12-27(34)13-11-26)31(33(40)36-3)20-25-7-5-4-6-8-25/h4-19,31H,20-22H2,1-3H3,(H,36,40)/t31-/m0/s1. The molecule has 43 heavy (non-hydrogen) atoms. The highest BCUT2D eigenvalue weighted by Crippen LogP contribution is 2.28. The van der Waals surface area contributed by atoms with Gasteiger partial charge in [0.25, 0.3) is 10.0 Å². The maximum Gasteiger partial charge on any atom is 0.264 e. The summed E-state index contributed by atoms with van der Waals surface area (Å²) in [7, 11) is -2.67. The summed E-state index contributed by atoms with van der Waals surface area (Å²) in [5.74, 6) is -0.879. The zero-order chi connectivity index (χ0) is 31.1. The number of nitrogens with one attached hydrogen (secondary N) is 1. The summed E-state index contributed by atoms with van der Waals surface area (Å²) >= 11 is 9.48. The first-order valence-electron chi connectivity index (χ1n) is 13.6. The van der Waals surface area contributed by atoms with E-state index in [-0.39, 0.29) is 23.8 Å². The highest BCUT2D eigenvalue weighted by Gasteiger charge is 2.34. The number of sulfonamides is 1. The molecule has 224 valence electrons. The number of nitrogens with zero attached hydrogens (tertiary/aromatic N) is 2. The molecule has 0 aliphatic rings. The van der Waals surface area contributed by atoms with Crippen molar-refractivity contribution in [3.8, 4) is 0 Å². The Bertz CT molecular complexity index is 1680. The Kier molecular flexibility index (Phi) is 10.7. The van der Waals surface area contributed by atoms with Crippen molar-refractivity contribution in [1.29, 1.82) is 0 Å². The van der Waals surface area contributed by atoms with Gasteiger partial charge in [-0.2, -0.15) is 0 Å². The quantitative estimate of drug-likeness (QED) is 0.201. The second-order valence-corrected chi connectivity index (χ2v) is 13.4. The van der Waals surface area contributed by atoms with Gasteiger partial charge in [-0.3, -0.25) is 13.9 Å². The van der Waals surface area contributed by atoms with E-state index >= 15 is 0 Å². The molecule has 0 aromatic heterocycles. The van der Waals surface area contributed by atoms with Crippen molar-refractivity contribution in [1.82, 2.24) is 10.2 Å². The van der Waals surface area contributed by atoms with Crippen molar-refractivity contribution in [3.63, 3.8) is 0 Å². The molecule has 0 spiro atoms. The van der Waals surface area contributed by atoms with Gasteiger partial charge in [-0.25, -0.2) is 8.42 Å². The van der Waals surface area contributed by atoms with Crippen molar-refractivity contribution in [2.45, 2.75) is 37.8 Å².